The van der Waals surface area contributed by atoms with Crippen molar-refractivity contribution in [2.24, 2.45) is 0 Å². The summed E-state index contributed by atoms with van der Waals surface area (Å²) in [4.78, 5) is 25.7. The number of nitrogens with zero attached hydrogens (tertiary/aromatic N) is 1. The number of thiophene rings is 1. The maximum Gasteiger partial charge on any atom is 0.345 e. The van der Waals surface area contributed by atoms with Crippen LogP contribution in [0, 0.1) is 0 Å². The van der Waals surface area contributed by atoms with Crippen molar-refractivity contribution in [1.82, 2.24) is 4.90 Å². The molecule has 2 aromatic rings. The molecule has 0 saturated carbocycles. The molecule has 1 unspecified atom stereocenters. The molecule has 3 rings (SSSR count). The summed E-state index contributed by atoms with van der Waals surface area (Å²) in [5.74, 6) is 0.147. The maximum absolute atomic E-state index is 12.6. The summed E-state index contributed by atoms with van der Waals surface area (Å²) in [5, 5.41) is 8.98. The Morgan fingerprint density at radius 3 is 2.58 bits per heavy atom. The van der Waals surface area contributed by atoms with Crippen LogP contribution in [0.2, 0.25) is 0 Å². The van der Waals surface area contributed by atoms with Crippen molar-refractivity contribution < 1.29 is 24.2 Å². The number of amides is 1. The van der Waals surface area contributed by atoms with Gasteiger partial charge in [-0.25, -0.2) is 4.79 Å². The Balaban J connectivity index is 1.68. The van der Waals surface area contributed by atoms with E-state index in [0.29, 0.717) is 36.1 Å². The summed E-state index contributed by atoms with van der Waals surface area (Å²) in [6.45, 7) is 3.12. The lowest BCUT2D eigenvalue weighted by atomic mass is 10.2. The van der Waals surface area contributed by atoms with Crippen molar-refractivity contribution >= 4 is 23.2 Å². The van der Waals surface area contributed by atoms with Gasteiger partial charge in [-0.3, -0.25) is 4.79 Å². The molecule has 126 valence electrons. The summed E-state index contributed by atoms with van der Waals surface area (Å²) in [5.41, 5.74) is 0. The summed E-state index contributed by atoms with van der Waals surface area (Å²) in [7, 11) is 0. The van der Waals surface area contributed by atoms with Crippen LogP contribution in [0.25, 0.3) is 0 Å². The molecule has 0 bridgehead atoms. The van der Waals surface area contributed by atoms with Crippen LogP contribution < -0.4 is 9.47 Å². The number of carboxylic acid groups (broad SMARTS) is 1. The number of hydrogen-bond donors (Lipinski definition) is 1. The third-order valence-corrected chi connectivity index (χ3v) is 4.75. The Hall–Kier alpha value is -2.54. The lowest BCUT2D eigenvalue weighted by Crippen LogP contribution is -2.43. The minimum atomic E-state index is -1.03. The first-order valence-electron chi connectivity index (χ1n) is 7.59. The van der Waals surface area contributed by atoms with E-state index in [-0.39, 0.29) is 16.9 Å². The highest BCUT2D eigenvalue weighted by Gasteiger charge is 2.26. The molecule has 7 heteroatoms. The normalized spacial score (nSPS) is 15.8. The molecule has 24 heavy (non-hydrogen) atoms. The lowest BCUT2D eigenvalue weighted by Gasteiger charge is -2.30. The van der Waals surface area contributed by atoms with E-state index in [2.05, 4.69) is 0 Å². The van der Waals surface area contributed by atoms with Crippen LogP contribution in [0.1, 0.15) is 26.3 Å². The lowest BCUT2D eigenvalue weighted by molar-refractivity contribution is 0.0478. The first kappa shape index (κ1) is 16.3. The number of likely N-dealkylation sites (N-methyl/N-ethyl adjacent to an activating group) is 1. The van der Waals surface area contributed by atoms with Crippen LogP contribution in [-0.2, 0) is 0 Å². The van der Waals surface area contributed by atoms with Crippen LogP contribution in [0.4, 0.5) is 0 Å². The van der Waals surface area contributed by atoms with Gasteiger partial charge in [0, 0.05) is 6.54 Å². The van der Waals surface area contributed by atoms with Crippen molar-refractivity contribution in [2.75, 3.05) is 19.7 Å². The Morgan fingerprint density at radius 1 is 1.21 bits per heavy atom. The van der Waals surface area contributed by atoms with Gasteiger partial charge < -0.3 is 19.5 Å². The van der Waals surface area contributed by atoms with Crippen LogP contribution >= 0.6 is 11.3 Å². The Bertz CT molecular complexity index is 757. The molecule has 0 saturated heterocycles. The summed E-state index contributed by atoms with van der Waals surface area (Å²) in [6, 6.07) is 10.4. The first-order valence-corrected chi connectivity index (χ1v) is 8.41. The van der Waals surface area contributed by atoms with Gasteiger partial charge in [0.15, 0.2) is 17.6 Å². The zero-order chi connectivity index (χ0) is 17.1. The fourth-order valence-electron chi connectivity index (χ4n) is 2.48. The van der Waals surface area contributed by atoms with Gasteiger partial charge in [0.05, 0.1) is 11.4 Å². The first-order chi connectivity index (χ1) is 11.6. The van der Waals surface area contributed by atoms with Crippen molar-refractivity contribution in [3.63, 3.8) is 0 Å². The zero-order valence-corrected chi connectivity index (χ0v) is 13.9. The number of ether oxygens (including phenoxy) is 2. The average molecular weight is 347 g/mol. The molecule has 1 aliphatic rings. The molecule has 1 atom stereocenters. The van der Waals surface area contributed by atoms with Crippen molar-refractivity contribution in [2.45, 2.75) is 13.0 Å². The number of carbonyl (C=O) groups is 2. The molecule has 0 spiro atoms. The molecule has 0 fully saturated rings. The van der Waals surface area contributed by atoms with Gasteiger partial charge in [0.25, 0.3) is 5.91 Å². The van der Waals surface area contributed by atoms with Gasteiger partial charge in [-0.2, -0.15) is 0 Å². The van der Waals surface area contributed by atoms with Gasteiger partial charge in [-0.15, -0.1) is 11.3 Å². The molecule has 1 amide bonds. The van der Waals surface area contributed by atoms with E-state index < -0.39 is 5.97 Å². The van der Waals surface area contributed by atoms with E-state index in [0.717, 1.165) is 11.3 Å². The third kappa shape index (κ3) is 3.35. The zero-order valence-electron chi connectivity index (χ0n) is 13.1. The quantitative estimate of drug-likeness (QED) is 0.900. The van der Waals surface area contributed by atoms with Gasteiger partial charge in [-0.1, -0.05) is 12.1 Å². The predicted octanol–water partition coefficient (Wildman–Crippen LogP) is 2.75. The molecular formula is C17H17NO5S. The largest absolute Gasteiger partial charge is 0.486 e. The number of hydrogen-bond acceptors (Lipinski definition) is 5. The van der Waals surface area contributed by atoms with Crippen LogP contribution in [0.5, 0.6) is 11.5 Å². The number of fused-ring (bicyclic) bond motifs is 1. The number of carbonyl (C=O) groups excluding carboxylic acids is 1. The predicted molar refractivity (Wildman–Crippen MR) is 89.2 cm³/mol. The SMILES string of the molecule is CCN(CC1COc2ccccc2O1)C(=O)c1ccc(C(=O)O)s1. The smallest absolute Gasteiger partial charge is 0.345 e. The summed E-state index contributed by atoms with van der Waals surface area (Å²) < 4.78 is 11.5. The average Bonchev–Trinajstić information content (AvgIpc) is 3.09. The van der Waals surface area contributed by atoms with Crippen LogP contribution in [0.3, 0.4) is 0 Å². The van der Waals surface area contributed by atoms with E-state index in [1.165, 1.54) is 6.07 Å². The molecule has 6 nitrogen and oxygen atoms in total. The Kier molecular flexibility index (Phi) is 4.71. The fraction of sp³-hybridized carbons (Fsp3) is 0.294. The van der Waals surface area contributed by atoms with Crippen molar-refractivity contribution in [1.29, 1.82) is 0 Å². The Labute approximate surface area is 143 Å². The highest BCUT2D eigenvalue weighted by atomic mass is 32.1. The van der Waals surface area contributed by atoms with E-state index >= 15 is 0 Å². The van der Waals surface area contributed by atoms with Crippen molar-refractivity contribution in [3.05, 3.63) is 46.2 Å². The van der Waals surface area contributed by atoms with Gasteiger partial charge >= 0.3 is 5.97 Å². The number of benzene rings is 1. The summed E-state index contributed by atoms with van der Waals surface area (Å²) >= 11 is 0.981. The van der Waals surface area contributed by atoms with Gasteiger partial charge in [-0.05, 0) is 31.2 Å². The third-order valence-electron chi connectivity index (χ3n) is 3.69. The van der Waals surface area contributed by atoms with Gasteiger partial charge in [0.1, 0.15) is 11.5 Å². The number of rotatable bonds is 5. The monoisotopic (exact) mass is 347 g/mol. The van der Waals surface area contributed by atoms with E-state index in [1.54, 1.807) is 11.0 Å². The van der Waals surface area contributed by atoms with E-state index in [9.17, 15) is 9.59 Å². The summed E-state index contributed by atoms with van der Waals surface area (Å²) in [6.07, 6.45) is -0.261. The number of aromatic carboxylic acids is 1. The second kappa shape index (κ2) is 6.92. The minimum absolute atomic E-state index is 0.153. The molecule has 1 aromatic heterocycles. The molecular weight excluding hydrogens is 330 g/mol. The van der Waals surface area contributed by atoms with Crippen LogP contribution in [-0.4, -0.2) is 47.7 Å². The standard InChI is InChI=1S/C17H17NO5S/c1-2-18(16(19)14-7-8-15(24-14)17(20)21)9-11-10-22-12-5-3-4-6-13(12)23-11/h3-8,11H,2,9-10H2,1H3,(H,20,21). The Morgan fingerprint density at radius 2 is 1.92 bits per heavy atom. The van der Waals surface area contributed by atoms with E-state index in [4.69, 9.17) is 14.6 Å². The second-order valence-corrected chi connectivity index (χ2v) is 6.39. The fourth-order valence-corrected chi connectivity index (χ4v) is 3.29. The van der Waals surface area contributed by atoms with Crippen LogP contribution in [0.15, 0.2) is 36.4 Å². The molecule has 1 aromatic carbocycles. The van der Waals surface area contributed by atoms with E-state index in [1.807, 2.05) is 31.2 Å². The van der Waals surface area contributed by atoms with Gasteiger partial charge in [0.2, 0.25) is 0 Å². The molecule has 0 radical (unpaired) electrons. The molecule has 1 aliphatic heterocycles. The maximum atomic E-state index is 12.6. The number of carboxylic acids is 1. The minimum Gasteiger partial charge on any atom is -0.486 e. The highest BCUT2D eigenvalue weighted by Crippen LogP contribution is 2.31. The number of para-hydroxylation sites is 2. The molecule has 2 heterocycles. The highest BCUT2D eigenvalue weighted by molar-refractivity contribution is 7.15. The topological polar surface area (TPSA) is 76.1 Å². The molecule has 0 aliphatic carbocycles. The second-order valence-electron chi connectivity index (χ2n) is 5.31. The molecule has 1 N–H and O–H groups in total. The van der Waals surface area contributed by atoms with Crippen molar-refractivity contribution in [3.8, 4) is 11.5 Å².